The summed E-state index contributed by atoms with van der Waals surface area (Å²) in [5, 5.41) is 0. The quantitative estimate of drug-likeness (QED) is 0.710. The first-order valence-electron chi connectivity index (χ1n) is 6.70. The van der Waals surface area contributed by atoms with Gasteiger partial charge in [0.15, 0.2) is 0 Å². The van der Waals surface area contributed by atoms with E-state index >= 15 is 0 Å². The van der Waals surface area contributed by atoms with Crippen LogP contribution in [-0.2, 0) is 0 Å². The van der Waals surface area contributed by atoms with Crippen molar-refractivity contribution in [1.82, 2.24) is 0 Å². The third-order valence-corrected chi connectivity index (χ3v) is 3.59. The summed E-state index contributed by atoms with van der Waals surface area (Å²) in [4.78, 5) is 11.0. The second-order valence-corrected chi connectivity index (χ2v) is 5.39. The van der Waals surface area contributed by atoms with Gasteiger partial charge in [-0.05, 0) is 53.6 Å². The highest BCUT2D eigenvalue weighted by Gasteiger charge is 2.13. The van der Waals surface area contributed by atoms with Crippen molar-refractivity contribution in [3.8, 4) is 11.1 Å². The summed E-state index contributed by atoms with van der Waals surface area (Å²) in [5.74, 6) is 0.440. The van der Waals surface area contributed by atoms with Gasteiger partial charge in [0.1, 0.15) is 6.29 Å². The van der Waals surface area contributed by atoms with E-state index in [0.29, 0.717) is 5.92 Å². The van der Waals surface area contributed by atoms with Gasteiger partial charge in [0.05, 0.1) is 0 Å². The number of hydrogen-bond acceptors (Lipinski definition) is 1. The number of rotatable bonds is 3. The average molecular weight is 252 g/mol. The molecule has 0 saturated carbocycles. The zero-order valence-corrected chi connectivity index (χ0v) is 12.0. The van der Waals surface area contributed by atoms with E-state index in [1.807, 2.05) is 12.1 Å². The van der Waals surface area contributed by atoms with Crippen LogP contribution in [0.25, 0.3) is 11.1 Å². The maximum atomic E-state index is 11.0. The third kappa shape index (κ3) is 2.60. The summed E-state index contributed by atoms with van der Waals surface area (Å²) in [7, 11) is 0. The first-order chi connectivity index (χ1) is 9.04. The van der Waals surface area contributed by atoms with Gasteiger partial charge < -0.3 is 0 Å². The van der Waals surface area contributed by atoms with E-state index in [2.05, 4.69) is 52.0 Å². The molecule has 19 heavy (non-hydrogen) atoms. The molecule has 0 amide bonds. The van der Waals surface area contributed by atoms with Gasteiger partial charge in [-0.1, -0.05) is 44.2 Å². The fourth-order valence-electron chi connectivity index (χ4n) is 2.61. The minimum absolute atomic E-state index is 0.440. The molecular weight excluding hydrogens is 232 g/mol. The van der Waals surface area contributed by atoms with Crippen LogP contribution < -0.4 is 0 Å². The molecule has 2 aromatic carbocycles. The van der Waals surface area contributed by atoms with Crippen molar-refractivity contribution in [2.75, 3.05) is 0 Å². The lowest BCUT2D eigenvalue weighted by atomic mass is 9.87. The van der Waals surface area contributed by atoms with Crippen molar-refractivity contribution in [1.29, 1.82) is 0 Å². The highest BCUT2D eigenvalue weighted by molar-refractivity contribution is 5.82. The number of hydrogen-bond donors (Lipinski definition) is 0. The van der Waals surface area contributed by atoms with Crippen LogP contribution in [0.1, 0.15) is 46.8 Å². The molecule has 0 fully saturated rings. The molecule has 0 N–H and O–H groups in total. The molecule has 2 rings (SSSR count). The van der Waals surface area contributed by atoms with Crippen molar-refractivity contribution in [3.05, 3.63) is 58.7 Å². The van der Waals surface area contributed by atoms with Gasteiger partial charge in [-0.15, -0.1) is 0 Å². The fourth-order valence-corrected chi connectivity index (χ4v) is 2.61. The average Bonchev–Trinajstić information content (AvgIpc) is 2.38. The summed E-state index contributed by atoms with van der Waals surface area (Å²) in [6, 6.07) is 12.3. The Hall–Kier alpha value is -1.89. The maximum absolute atomic E-state index is 11.0. The summed E-state index contributed by atoms with van der Waals surface area (Å²) in [6.07, 6.45) is 0.918. The molecule has 0 radical (unpaired) electrons. The normalized spacial score (nSPS) is 10.8. The van der Waals surface area contributed by atoms with Gasteiger partial charge in [-0.2, -0.15) is 0 Å². The van der Waals surface area contributed by atoms with Gasteiger partial charge in [-0.3, -0.25) is 4.79 Å². The number of benzene rings is 2. The molecule has 0 aromatic heterocycles. The van der Waals surface area contributed by atoms with Gasteiger partial charge >= 0.3 is 0 Å². The molecule has 0 aliphatic heterocycles. The SMILES string of the molecule is Cc1cccc(C)c1-c1cc(C=O)ccc1C(C)C. The fraction of sp³-hybridized carbons (Fsp3) is 0.278. The van der Waals surface area contributed by atoms with Gasteiger partial charge in [0.2, 0.25) is 0 Å². The molecule has 0 heterocycles. The van der Waals surface area contributed by atoms with Crippen LogP contribution in [0.4, 0.5) is 0 Å². The molecule has 0 aliphatic carbocycles. The van der Waals surface area contributed by atoms with Crippen LogP contribution in [0.2, 0.25) is 0 Å². The molecule has 0 spiro atoms. The molecule has 0 bridgehead atoms. The smallest absolute Gasteiger partial charge is 0.150 e. The van der Waals surface area contributed by atoms with Crippen molar-refractivity contribution in [2.45, 2.75) is 33.6 Å². The number of aldehydes is 1. The van der Waals surface area contributed by atoms with Crippen LogP contribution in [0.3, 0.4) is 0 Å². The lowest BCUT2D eigenvalue weighted by Crippen LogP contribution is -1.97. The first-order valence-corrected chi connectivity index (χ1v) is 6.70. The Labute approximate surface area is 115 Å². The Bertz CT molecular complexity index is 589. The molecular formula is C18H20O. The molecule has 2 aromatic rings. The van der Waals surface area contributed by atoms with E-state index in [9.17, 15) is 4.79 Å². The van der Waals surface area contributed by atoms with E-state index < -0.39 is 0 Å². The molecule has 1 nitrogen and oxygen atoms in total. The van der Waals surface area contributed by atoms with E-state index in [4.69, 9.17) is 0 Å². The van der Waals surface area contributed by atoms with Gasteiger partial charge in [0, 0.05) is 5.56 Å². The number of carbonyl (C=O) groups is 1. The summed E-state index contributed by atoms with van der Waals surface area (Å²) in [5.41, 5.74) is 6.99. The van der Waals surface area contributed by atoms with Crippen LogP contribution in [0.15, 0.2) is 36.4 Å². The minimum Gasteiger partial charge on any atom is -0.298 e. The summed E-state index contributed by atoms with van der Waals surface area (Å²) in [6.45, 7) is 8.63. The monoisotopic (exact) mass is 252 g/mol. The molecule has 0 atom stereocenters. The number of carbonyl (C=O) groups excluding carboxylic acids is 1. The second kappa shape index (κ2) is 5.40. The minimum atomic E-state index is 0.440. The van der Waals surface area contributed by atoms with Crippen LogP contribution in [0, 0.1) is 13.8 Å². The number of aryl methyl sites for hydroxylation is 2. The Balaban J connectivity index is 2.75. The highest BCUT2D eigenvalue weighted by atomic mass is 16.1. The highest BCUT2D eigenvalue weighted by Crippen LogP contribution is 2.34. The van der Waals surface area contributed by atoms with Crippen LogP contribution >= 0.6 is 0 Å². The Morgan fingerprint density at radius 2 is 1.63 bits per heavy atom. The summed E-state index contributed by atoms with van der Waals surface area (Å²) < 4.78 is 0. The molecule has 0 aliphatic rings. The standard InChI is InChI=1S/C18H20O/c1-12(2)16-9-8-15(11-19)10-17(16)18-13(3)6-5-7-14(18)4/h5-12H,1-4H3. The first kappa shape index (κ1) is 13.5. The maximum Gasteiger partial charge on any atom is 0.150 e. The summed E-state index contributed by atoms with van der Waals surface area (Å²) >= 11 is 0. The Morgan fingerprint density at radius 3 is 2.16 bits per heavy atom. The molecule has 98 valence electrons. The predicted molar refractivity (Wildman–Crippen MR) is 80.8 cm³/mol. The van der Waals surface area contributed by atoms with Crippen molar-refractivity contribution in [2.24, 2.45) is 0 Å². The molecule has 0 unspecified atom stereocenters. The van der Waals surface area contributed by atoms with E-state index in [-0.39, 0.29) is 0 Å². The van der Waals surface area contributed by atoms with Crippen molar-refractivity contribution in [3.63, 3.8) is 0 Å². The van der Waals surface area contributed by atoms with Gasteiger partial charge in [-0.25, -0.2) is 0 Å². The molecule has 0 saturated heterocycles. The Kier molecular flexibility index (Phi) is 3.84. The predicted octanol–water partition coefficient (Wildman–Crippen LogP) is 4.91. The van der Waals surface area contributed by atoms with Crippen molar-refractivity contribution >= 4 is 6.29 Å². The van der Waals surface area contributed by atoms with Crippen LogP contribution in [-0.4, -0.2) is 6.29 Å². The second-order valence-electron chi connectivity index (χ2n) is 5.39. The molecule has 1 heteroatoms. The lowest BCUT2D eigenvalue weighted by molar-refractivity contribution is 0.112. The zero-order valence-electron chi connectivity index (χ0n) is 12.0. The van der Waals surface area contributed by atoms with Crippen LogP contribution in [0.5, 0.6) is 0 Å². The van der Waals surface area contributed by atoms with Crippen molar-refractivity contribution < 1.29 is 4.79 Å². The Morgan fingerprint density at radius 1 is 1.00 bits per heavy atom. The van der Waals surface area contributed by atoms with E-state index in [1.54, 1.807) is 0 Å². The van der Waals surface area contributed by atoms with Gasteiger partial charge in [0.25, 0.3) is 0 Å². The third-order valence-electron chi connectivity index (χ3n) is 3.59. The lowest BCUT2D eigenvalue weighted by Gasteiger charge is -2.17. The van der Waals surface area contributed by atoms with E-state index in [0.717, 1.165) is 11.8 Å². The van der Waals surface area contributed by atoms with E-state index in [1.165, 1.54) is 27.8 Å². The zero-order chi connectivity index (χ0) is 14.0. The largest absolute Gasteiger partial charge is 0.298 e. The topological polar surface area (TPSA) is 17.1 Å².